The molecule has 0 spiro atoms. The first-order valence-electron chi connectivity index (χ1n) is 4.34. The number of nitrogens with zero attached hydrogens (tertiary/aromatic N) is 3. The van der Waals surface area contributed by atoms with Crippen LogP contribution in [0.1, 0.15) is 0 Å². The lowest BCUT2D eigenvalue weighted by Gasteiger charge is -2.00. The molecule has 14 heavy (non-hydrogen) atoms. The van der Waals surface area contributed by atoms with Crippen LogP contribution in [0, 0.1) is 0 Å². The van der Waals surface area contributed by atoms with Crippen molar-refractivity contribution in [3.63, 3.8) is 0 Å². The number of aryl methyl sites for hydroxylation is 1. The van der Waals surface area contributed by atoms with Gasteiger partial charge in [-0.1, -0.05) is 12.7 Å². The molecular formula is C10H11N3O. The number of pyridine rings is 1. The lowest BCUT2D eigenvalue weighted by Crippen LogP contribution is -2.00. The molecule has 4 heteroatoms. The summed E-state index contributed by atoms with van der Waals surface area (Å²) in [6.07, 6.45) is 3.42. The molecule has 0 unspecified atom stereocenters. The van der Waals surface area contributed by atoms with Crippen molar-refractivity contribution in [1.29, 1.82) is 0 Å². The van der Waals surface area contributed by atoms with E-state index < -0.39 is 0 Å². The molecule has 0 aliphatic heterocycles. The number of hydrogen-bond donors (Lipinski definition) is 0. The van der Waals surface area contributed by atoms with Crippen LogP contribution < -0.4 is 4.74 Å². The average molecular weight is 189 g/mol. The number of fused-ring (bicyclic) bond motifs is 1. The van der Waals surface area contributed by atoms with Gasteiger partial charge in [-0.3, -0.25) is 4.57 Å². The number of hydrogen-bond acceptors (Lipinski definition) is 3. The molecule has 0 aromatic carbocycles. The molecular weight excluding hydrogens is 178 g/mol. The van der Waals surface area contributed by atoms with Gasteiger partial charge >= 0.3 is 0 Å². The van der Waals surface area contributed by atoms with E-state index in [0.29, 0.717) is 12.6 Å². The minimum Gasteiger partial charge on any atom is -0.460 e. The Morgan fingerprint density at radius 1 is 1.64 bits per heavy atom. The third-order valence-electron chi connectivity index (χ3n) is 1.92. The van der Waals surface area contributed by atoms with Crippen molar-refractivity contribution in [1.82, 2.24) is 14.5 Å². The molecule has 0 fully saturated rings. The summed E-state index contributed by atoms with van der Waals surface area (Å²) in [5, 5.41) is 0. The highest BCUT2D eigenvalue weighted by molar-refractivity contribution is 5.71. The second-order valence-electron chi connectivity index (χ2n) is 2.90. The summed E-state index contributed by atoms with van der Waals surface area (Å²) in [5.74, 6) is 0. The molecule has 2 rings (SSSR count). The Labute approximate surface area is 81.9 Å². The molecule has 0 atom stereocenters. The fraction of sp³-hybridized carbons (Fsp3) is 0.200. The quantitative estimate of drug-likeness (QED) is 0.687. The number of ether oxygens (including phenoxy) is 1. The van der Waals surface area contributed by atoms with Gasteiger partial charge in [0.2, 0.25) is 0 Å². The SMILES string of the molecule is C=CCOc1nc2cccnc2n1C. The molecule has 0 saturated carbocycles. The lowest BCUT2D eigenvalue weighted by molar-refractivity contribution is 0.324. The number of aromatic nitrogens is 3. The maximum atomic E-state index is 5.36. The predicted octanol–water partition coefficient (Wildman–Crippen LogP) is 1.53. The molecule has 2 heterocycles. The summed E-state index contributed by atoms with van der Waals surface area (Å²) >= 11 is 0. The van der Waals surface area contributed by atoms with Crippen LogP contribution in [0.3, 0.4) is 0 Å². The maximum absolute atomic E-state index is 5.36. The zero-order valence-electron chi connectivity index (χ0n) is 7.97. The van der Waals surface area contributed by atoms with Crippen LogP contribution in [-0.4, -0.2) is 21.1 Å². The second-order valence-corrected chi connectivity index (χ2v) is 2.90. The Morgan fingerprint density at radius 3 is 3.21 bits per heavy atom. The van der Waals surface area contributed by atoms with Crippen molar-refractivity contribution in [3.8, 4) is 6.01 Å². The van der Waals surface area contributed by atoms with Gasteiger partial charge in [0.25, 0.3) is 6.01 Å². The van der Waals surface area contributed by atoms with E-state index in [-0.39, 0.29) is 0 Å². The Bertz CT molecular complexity index is 461. The molecule has 0 N–H and O–H groups in total. The molecule has 0 bridgehead atoms. The zero-order valence-corrected chi connectivity index (χ0v) is 7.97. The van der Waals surface area contributed by atoms with E-state index in [1.165, 1.54) is 0 Å². The summed E-state index contributed by atoms with van der Waals surface area (Å²) in [5.41, 5.74) is 1.67. The maximum Gasteiger partial charge on any atom is 0.298 e. The van der Waals surface area contributed by atoms with Gasteiger partial charge in [0.15, 0.2) is 5.65 Å². The summed E-state index contributed by atoms with van der Waals surface area (Å²) in [6, 6.07) is 4.33. The van der Waals surface area contributed by atoms with Gasteiger partial charge in [-0.25, -0.2) is 4.98 Å². The van der Waals surface area contributed by atoms with Gasteiger partial charge in [-0.05, 0) is 12.1 Å². The minimum atomic E-state index is 0.456. The normalized spacial score (nSPS) is 10.4. The standard InChI is InChI=1S/C10H11N3O/c1-3-7-14-10-12-8-5-4-6-11-9(8)13(10)2/h3-6H,1,7H2,2H3. The van der Waals surface area contributed by atoms with Crippen molar-refractivity contribution in [2.75, 3.05) is 6.61 Å². The Hall–Kier alpha value is -1.84. The van der Waals surface area contributed by atoms with E-state index in [1.54, 1.807) is 12.3 Å². The molecule has 0 aliphatic rings. The third-order valence-corrected chi connectivity index (χ3v) is 1.92. The van der Waals surface area contributed by atoms with Crippen molar-refractivity contribution in [2.24, 2.45) is 7.05 Å². The molecule has 0 radical (unpaired) electrons. The van der Waals surface area contributed by atoms with E-state index in [9.17, 15) is 0 Å². The van der Waals surface area contributed by atoms with Crippen molar-refractivity contribution >= 4 is 11.2 Å². The van der Waals surface area contributed by atoms with Gasteiger partial charge in [0.05, 0.1) is 0 Å². The molecule has 2 aromatic heterocycles. The highest BCUT2D eigenvalue weighted by Gasteiger charge is 2.07. The van der Waals surface area contributed by atoms with Crippen LogP contribution in [0.25, 0.3) is 11.2 Å². The molecule has 2 aromatic rings. The Kier molecular flexibility index (Phi) is 2.18. The van der Waals surface area contributed by atoms with E-state index in [4.69, 9.17) is 4.74 Å². The summed E-state index contributed by atoms with van der Waals surface area (Å²) in [6.45, 7) is 4.04. The van der Waals surface area contributed by atoms with Crippen LogP contribution >= 0.6 is 0 Å². The van der Waals surface area contributed by atoms with Crippen LogP contribution in [0.2, 0.25) is 0 Å². The van der Waals surface area contributed by atoms with E-state index in [0.717, 1.165) is 11.2 Å². The Balaban J connectivity index is 2.46. The van der Waals surface area contributed by atoms with Crippen molar-refractivity contribution < 1.29 is 4.74 Å². The fourth-order valence-corrected chi connectivity index (χ4v) is 1.27. The molecule has 0 aliphatic carbocycles. The van der Waals surface area contributed by atoms with Gasteiger partial charge in [0, 0.05) is 13.2 Å². The summed E-state index contributed by atoms with van der Waals surface area (Å²) in [7, 11) is 1.88. The topological polar surface area (TPSA) is 39.9 Å². The smallest absolute Gasteiger partial charge is 0.298 e. The highest BCUT2D eigenvalue weighted by atomic mass is 16.5. The first kappa shape index (κ1) is 8.74. The monoisotopic (exact) mass is 189 g/mol. The largest absolute Gasteiger partial charge is 0.460 e. The first-order chi connectivity index (χ1) is 6.83. The van der Waals surface area contributed by atoms with Crippen LogP contribution in [0.4, 0.5) is 0 Å². The van der Waals surface area contributed by atoms with Crippen molar-refractivity contribution in [3.05, 3.63) is 31.0 Å². The minimum absolute atomic E-state index is 0.456. The van der Waals surface area contributed by atoms with Gasteiger partial charge in [-0.15, -0.1) is 0 Å². The fourth-order valence-electron chi connectivity index (χ4n) is 1.27. The van der Waals surface area contributed by atoms with Gasteiger partial charge in [0.1, 0.15) is 12.1 Å². The summed E-state index contributed by atoms with van der Waals surface area (Å²) in [4.78, 5) is 8.48. The van der Waals surface area contributed by atoms with Crippen LogP contribution in [-0.2, 0) is 7.05 Å². The van der Waals surface area contributed by atoms with E-state index in [2.05, 4.69) is 16.5 Å². The predicted molar refractivity (Wildman–Crippen MR) is 54.2 cm³/mol. The molecule has 0 amide bonds. The van der Waals surface area contributed by atoms with E-state index >= 15 is 0 Å². The highest BCUT2D eigenvalue weighted by Crippen LogP contribution is 2.16. The number of rotatable bonds is 3. The second kappa shape index (κ2) is 3.49. The zero-order chi connectivity index (χ0) is 9.97. The number of imidazole rings is 1. The van der Waals surface area contributed by atoms with Crippen LogP contribution in [0.15, 0.2) is 31.0 Å². The van der Waals surface area contributed by atoms with Crippen molar-refractivity contribution in [2.45, 2.75) is 0 Å². The molecule has 0 saturated heterocycles. The molecule has 72 valence electrons. The van der Waals surface area contributed by atoms with Gasteiger partial charge in [-0.2, -0.15) is 4.98 Å². The molecule has 4 nitrogen and oxygen atoms in total. The average Bonchev–Trinajstić information content (AvgIpc) is 2.54. The van der Waals surface area contributed by atoms with Gasteiger partial charge < -0.3 is 4.74 Å². The van der Waals surface area contributed by atoms with Crippen LogP contribution in [0.5, 0.6) is 6.01 Å². The lowest BCUT2D eigenvalue weighted by atomic mass is 10.4. The summed E-state index contributed by atoms with van der Waals surface area (Å²) < 4.78 is 7.18. The first-order valence-corrected chi connectivity index (χ1v) is 4.34. The van der Waals surface area contributed by atoms with E-state index in [1.807, 2.05) is 23.7 Å². The third kappa shape index (κ3) is 1.35. The Morgan fingerprint density at radius 2 is 2.50 bits per heavy atom.